The van der Waals surface area contributed by atoms with Gasteiger partial charge in [-0.25, -0.2) is 0 Å². The number of benzene rings is 11. The number of anilines is 3. The fourth-order valence-corrected chi connectivity index (χ4v) is 13.2. The number of nitrogens with zero attached hydrogens (tertiary/aromatic N) is 1. The summed E-state index contributed by atoms with van der Waals surface area (Å²) >= 11 is 0. The Morgan fingerprint density at radius 3 is 1.35 bits per heavy atom. The van der Waals surface area contributed by atoms with E-state index in [1.807, 2.05) is 6.07 Å². The maximum atomic E-state index is 6.94. The third kappa shape index (κ3) is 5.10. The van der Waals surface area contributed by atoms with Gasteiger partial charge in [-0.2, -0.15) is 0 Å². The number of hydrogen-bond acceptors (Lipinski definition) is 4. The van der Waals surface area contributed by atoms with Crippen molar-refractivity contribution in [2.24, 2.45) is 0 Å². The van der Waals surface area contributed by atoms with Gasteiger partial charge in [0.1, 0.15) is 34.2 Å². The van der Waals surface area contributed by atoms with Crippen LogP contribution in [0.15, 0.2) is 253 Å². The monoisotopic (exact) mass is 919 g/mol. The zero-order chi connectivity index (χ0) is 47.1. The average molecular weight is 920 g/mol. The van der Waals surface area contributed by atoms with E-state index in [1.165, 1.54) is 44.5 Å². The molecule has 0 unspecified atom stereocenters. The minimum absolute atomic E-state index is 0.577. The molecule has 72 heavy (non-hydrogen) atoms. The smallest absolute Gasteiger partial charge is 0.137 e. The van der Waals surface area contributed by atoms with Crippen LogP contribution in [0.4, 0.5) is 17.1 Å². The van der Waals surface area contributed by atoms with Gasteiger partial charge in [0, 0.05) is 39.0 Å². The minimum atomic E-state index is -0.632. The molecule has 0 atom stereocenters. The number of furan rings is 1. The maximum absolute atomic E-state index is 6.94. The Labute approximate surface area is 416 Å². The molecular formula is C68H41NO3. The molecule has 2 aliphatic carbocycles. The van der Waals surface area contributed by atoms with Gasteiger partial charge < -0.3 is 18.8 Å². The largest absolute Gasteiger partial charge is 0.457 e. The number of rotatable bonds is 4. The van der Waals surface area contributed by atoms with Crippen LogP contribution in [0, 0.1) is 0 Å². The SMILES string of the molecule is c1cc(-c2ccc3c(c2)C2(c4ccccc4O3)c3ccccc3-c3ccccc32)cc(N(c2ccc3c(c2)C2(c4ccccc4O3)c3ccccc3-c3ccccc32)c2cccc3oc4ccccc4c23)c1. The van der Waals surface area contributed by atoms with Crippen LogP contribution in [0.25, 0.3) is 55.3 Å². The number of hydrogen-bond donors (Lipinski definition) is 0. The predicted octanol–water partition coefficient (Wildman–Crippen LogP) is 17.7. The maximum Gasteiger partial charge on any atom is 0.137 e. The van der Waals surface area contributed by atoms with Gasteiger partial charge in [-0.3, -0.25) is 0 Å². The van der Waals surface area contributed by atoms with E-state index in [-0.39, 0.29) is 0 Å². The molecule has 3 heterocycles. The molecule has 0 bridgehead atoms. The molecule has 2 aliphatic heterocycles. The highest BCUT2D eigenvalue weighted by molar-refractivity contribution is 6.13. The zero-order valence-corrected chi connectivity index (χ0v) is 38.8. The van der Waals surface area contributed by atoms with E-state index < -0.39 is 10.8 Å². The van der Waals surface area contributed by atoms with Crippen LogP contribution in [-0.4, -0.2) is 0 Å². The fourth-order valence-electron chi connectivity index (χ4n) is 13.2. The topological polar surface area (TPSA) is 34.8 Å². The summed E-state index contributed by atoms with van der Waals surface area (Å²) in [5, 5.41) is 2.11. The van der Waals surface area contributed by atoms with Crippen molar-refractivity contribution in [3.05, 3.63) is 293 Å². The Morgan fingerprint density at radius 2 is 0.736 bits per heavy atom. The van der Waals surface area contributed by atoms with Crippen molar-refractivity contribution >= 4 is 39.0 Å². The van der Waals surface area contributed by atoms with Crippen LogP contribution < -0.4 is 14.4 Å². The van der Waals surface area contributed by atoms with Crippen LogP contribution in [0.2, 0.25) is 0 Å². The standard InChI is InChI=1S/C68H41NO3/c1-6-24-51-46(19-1)47-20-2-7-25-52(47)67(51)55-28-10-13-32-61(55)71-63-37-35-43(40-57(63)67)42-17-15-18-44(39-42)69(59-30-16-34-65-66(59)50-23-5-12-31-60(50)70-65)45-36-38-64-58(41-45)68(56-29-11-14-33-62(56)72-64)53-26-8-3-21-48(53)49-22-4-9-27-54(49)68/h1-41H. The second-order valence-electron chi connectivity index (χ2n) is 19.4. The van der Waals surface area contributed by atoms with Gasteiger partial charge >= 0.3 is 0 Å². The molecule has 1 aromatic heterocycles. The molecule has 16 rings (SSSR count). The summed E-state index contributed by atoms with van der Waals surface area (Å²) in [5.74, 6) is 3.45. The van der Waals surface area contributed by atoms with Crippen molar-refractivity contribution in [1.29, 1.82) is 0 Å². The van der Waals surface area contributed by atoms with Gasteiger partial charge in [0.05, 0.1) is 21.9 Å². The molecule has 2 spiro atoms. The molecule has 4 heteroatoms. The van der Waals surface area contributed by atoms with Gasteiger partial charge in [0.25, 0.3) is 0 Å². The number of fused-ring (bicyclic) bond motifs is 21. The van der Waals surface area contributed by atoms with Crippen LogP contribution in [0.5, 0.6) is 23.0 Å². The number of para-hydroxylation sites is 3. The van der Waals surface area contributed by atoms with Crippen molar-refractivity contribution in [2.45, 2.75) is 10.8 Å². The lowest BCUT2D eigenvalue weighted by molar-refractivity contribution is 0.436. The molecule has 0 amide bonds. The lowest BCUT2D eigenvalue weighted by Crippen LogP contribution is -2.32. The Hall–Kier alpha value is -9.38. The summed E-state index contributed by atoms with van der Waals surface area (Å²) < 4.78 is 20.4. The first-order valence-electron chi connectivity index (χ1n) is 24.7. The first kappa shape index (κ1) is 39.5. The van der Waals surface area contributed by atoms with Crippen LogP contribution in [0.1, 0.15) is 44.5 Å². The second kappa shape index (κ2) is 14.6. The van der Waals surface area contributed by atoms with Crippen molar-refractivity contribution in [2.75, 3.05) is 4.90 Å². The quantitative estimate of drug-likeness (QED) is 0.176. The normalized spacial score (nSPS) is 14.3. The third-order valence-corrected chi connectivity index (χ3v) is 16.0. The average Bonchev–Trinajstić information content (AvgIpc) is 4.08. The molecule has 4 aliphatic rings. The van der Waals surface area contributed by atoms with E-state index >= 15 is 0 Å². The summed E-state index contributed by atoms with van der Waals surface area (Å²) in [5.41, 5.74) is 20.2. The Morgan fingerprint density at radius 1 is 0.292 bits per heavy atom. The summed E-state index contributed by atoms with van der Waals surface area (Å²) in [4.78, 5) is 2.41. The predicted molar refractivity (Wildman–Crippen MR) is 289 cm³/mol. The highest BCUT2D eigenvalue weighted by Crippen LogP contribution is 2.64. The number of ether oxygens (including phenoxy) is 2. The van der Waals surface area contributed by atoms with E-state index in [1.54, 1.807) is 0 Å². The van der Waals surface area contributed by atoms with E-state index in [0.29, 0.717) is 0 Å². The third-order valence-electron chi connectivity index (χ3n) is 16.0. The highest BCUT2D eigenvalue weighted by atomic mass is 16.5. The van der Waals surface area contributed by atoms with Crippen LogP contribution in [-0.2, 0) is 10.8 Å². The summed E-state index contributed by atoms with van der Waals surface area (Å²) in [6, 6.07) is 90.1. The molecule has 0 radical (unpaired) electrons. The molecule has 11 aromatic carbocycles. The van der Waals surface area contributed by atoms with Gasteiger partial charge in [-0.05, 0) is 128 Å². The molecule has 0 saturated carbocycles. The van der Waals surface area contributed by atoms with Crippen molar-refractivity contribution in [1.82, 2.24) is 0 Å². The fraction of sp³-hybridized carbons (Fsp3) is 0.0294. The molecule has 0 N–H and O–H groups in total. The Kier molecular flexibility index (Phi) is 7.99. The first-order chi connectivity index (χ1) is 35.7. The highest BCUT2D eigenvalue weighted by Gasteiger charge is 2.52. The molecule has 0 saturated heterocycles. The van der Waals surface area contributed by atoms with E-state index in [2.05, 4.69) is 248 Å². The minimum Gasteiger partial charge on any atom is -0.457 e. The van der Waals surface area contributed by atoms with E-state index in [4.69, 9.17) is 13.9 Å². The second-order valence-corrected chi connectivity index (χ2v) is 19.4. The molecule has 4 nitrogen and oxygen atoms in total. The van der Waals surface area contributed by atoms with Gasteiger partial charge in [-0.15, -0.1) is 0 Å². The van der Waals surface area contributed by atoms with Crippen LogP contribution >= 0.6 is 0 Å². The van der Waals surface area contributed by atoms with Gasteiger partial charge in [0.2, 0.25) is 0 Å². The molecule has 0 fully saturated rings. The first-order valence-corrected chi connectivity index (χ1v) is 24.7. The van der Waals surface area contributed by atoms with Crippen molar-refractivity contribution in [3.63, 3.8) is 0 Å². The molecule has 336 valence electrons. The van der Waals surface area contributed by atoms with E-state index in [9.17, 15) is 0 Å². The van der Waals surface area contributed by atoms with Gasteiger partial charge in [-0.1, -0.05) is 176 Å². The summed E-state index contributed by atoms with van der Waals surface area (Å²) in [7, 11) is 0. The molecule has 12 aromatic rings. The lowest BCUT2D eigenvalue weighted by Gasteiger charge is -2.40. The Balaban J connectivity index is 0.932. The van der Waals surface area contributed by atoms with Gasteiger partial charge in [0.15, 0.2) is 0 Å². The molecular weight excluding hydrogens is 879 g/mol. The zero-order valence-electron chi connectivity index (χ0n) is 38.8. The summed E-state index contributed by atoms with van der Waals surface area (Å²) in [6.45, 7) is 0. The van der Waals surface area contributed by atoms with Crippen molar-refractivity contribution in [3.8, 4) is 56.4 Å². The lowest BCUT2D eigenvalue weighted by atomic mass is 9.66. The summed E-state index contributed by atoms with van der Waals surface area (Å²) in [6.07, 6.45) is 0. The Bertz CT molecular complexity index is 4180. The van der Waals surface area contributed by atoms with Crippen LogP contribution in [0.3, 0.4) is 0 Å². The van der Waals surface area contributed by atoms with Crippen molar-refractivity contribution < 1.29 is 13.9 Å². The van der Waals surface area contributed by atoms with E-state index in [0.717, 1.165) is 95.4 Å².